The predicted molar refractivity (Wildman–Crippen MR) is 93.3 cm³/mol. The van der Waals surface area contributed by atoms with Gasteiger partial charge in [0, 0.05) is 25.1 Å². The number of benzene rings is 1. The summed E-state index contributed by atoms with van der Waals surface area (Å²) in [5.74, 6) is 0.863. The third kappa shape index (κ3) is 3.93. The molecule has 0 saturated carbocycles. The number of hydrogen-bond acceptors (Lipinski definition) is 6. The van der Waals surface area contributed by atoms with Gasteiger partial charge < -0.3 is 9.47 Å². The van der Waals surface area contributed by atoms with Crippen molar-refractivity contribution < 1.29 is 26.3 Å². The first-order valence-corrected chi connectivity index (χ1v) is 11.7. The van der Waals surface area contributed by atoms with Crippen molar-refractivity contribution in [3.8, 4) is 11.5 Å². The lowest BCUT2D eigenvalue weighted by atomic mass is 10.2. The highest BCUT2D eigenvalue weighted by Crippen LogP contribution is 2.34. The number of sulfone groups is 1. The van der Waals surface area contributed by atoms with Gasteiger partial charge in [-0.1, -0.05) is 6.92 Å². The number of hydrogen-bond donors (Lipinski definition) is 0. The summed E-state index contributed by atoms with van der Waals surface area (Å²) in [4.78, 5) is 0.106. The molecule has 0 N–H and O–H groups in total. The molecule has 2 aliphatic heterocycles. The third-order valence-corrected chi connectivity index (χ3v) is 8.08. The maximum atomic E-state index is 13.1. The van der Waals surface area contributed by atoms with Gasteiger partial charge in [0.25, 0.3) is 0 Å². The molecule has 0 aromatic heterocycles. The second kappa shape index (κ2) is 7.13. The zero-order chi connectivity index (χ0) is 18.1. The first-order valence-electron chi connectivity index (χ1n) is 8.45. The molecule has 3 rings (SSSR count). The van der Waals surface area contributed by atoms with E-state index in [0.717, 1.165) is 6.42 Å². The Hall–Kier alpha value is -1.32. The molecule has 1 saturated heterocycles. The van der Waals surface area contributed by atoms with Gasteiger partial charge in [-0.3, -0.25) is 0 Å². The van der Waals surface area contributed by atoms with Crippen LogP contribution in [-0.4, -0.2) is 58.4 Å². The van der Waals surface area contributed by atoms with Crippen LogP contribution in [0, 0.1) is 0 Å². The number of nitrogens with zero attached hydrogens (tertiary/aromatic N) is 1. The standard InChI is InChI=1S/C16H23NO6S2/c1-2-7-17(13-6-10-24(18,19)12-13)25(20,21)14-4-5-15-16(11-14)23-9-3-8-22-15/h4-5,11,13H,2-3,6-10,12H2,1H3. The maximum absolute atomic E-state index is 13.1. The number of ether oxygens (including phenoxy) is 2. The predicted octanol–water partition coefficient (Wildman–Crippen LogP) is 1.44. The van der Waals surface area contributed by atoms with Gasteiger partial charge in [0.15, 0.2) is 21.3 Å². The summed E-state index contributed by atoms with van der Waals surface area (Å²) < 4.78 is 62.3. The molecule has 0 amide bonds. The van der Waals surface area contributed by atoms with Gasteiger partial charge in [-0.05, 0) is 25.0 Å². The maximum Gasteiger partial charge on any atom is 0.243 e. The van der Waals surface area contributed by atoms with E-state index >= 15 is 0 Å². The lowest BCUT2D eigenvalue weighted by Crippen LogP contribution is -2.41. The van der Waals surface area contributed by atoms with Crippen molar-refractivity contribution >= 4 is 19.9 Å². The van der Waals surface area contributed by atoms with Gasteiger partial charge in [0.1, 0.15) is 0 Å². The first-order chi connectivity index (χ1) is 11.8. The van der Waals surface area contributed by atoms with Crippen LogP contribution in [0.5, 0.6) is 11.5 Å². The SMILES string of the molecule is CCCN(C1CCS(=O)(=O)C1)S(=O)(=O)c1ccc2c(c1)OCCCO2. The van der Waals surface area contributed by atoms with Gasteiger partial charge >= 0.3 is 0 Å². The van der Waals surface area contributed by atoms with Crippen LogP contribution in [0.3, 0.4) is 0 Å². The summed E-state index contributed by atoms with van der Waals surface area (Å²) in [5.41, 5.74) is 0. The van der Waals surface area contributed by atoms with E-state index in [9.17, 15) is 16.8 Å². The first kappa shape index (κ1) is 18.5. The summed E-state index contributed by atoms with van der Waals surface area (Å²) in [5, 5.41) is 0. The molecule has 1 aromatic rings. The normalized spacial score (nSPS) is 22.7. The molecule has 0 aliphatic carbocycles. The van der Waals surface area contributed by atoms with Crippen molar-refractivity contribution in [1.82, 2.24) is 4.31 Å². The fourth-order valence-electron chi connectivity index (χ4n) is 3.16. The topological polar surface area (TPSA) is 90.0 Å². The highest BCUT2D eigenvalue weighted by atomic mass is 32.2. The largest absolute Gasteiger partial charge is 0.490 e. The van der Waals surface area contributed by atoms with Gasteiger partial charge in [0.2, 0.25) is 10.0 Å². The highest BCUT2D eigenvalue weighted by molar-refractivity contribution is 7.92. The summed E-state index contributed by atoms with van der Waals surface area (Å²) in [6.45, 7) is 3.16. The average molecular weight is 389 g/mol. The minimum absolute atomic E-state index is 0.0362. The quantitative estimate of drug-likeness (QED) is 0.757. The molecule has 1 aromatic carbocycles. The minimum Gasteiger partial charge on any atom is -0.490 e. The summed E-state index contributed by atoms with van der Waals surface area (Å²) in [7, 11) is -6.98. The Morgan fingerprint density at radius 1 is 1.20 bits per heavy atom. The van der Waals surface area contributed by atoms with E-state index < -0.39 is 25.9 Å². The van der Waals surface area contributed by atoms with E-state index in [1.807, 2.05) is 6.92 Å². The van der Waals surface area contributed by atoms with E-state index in [1.165, 1.54) is 16.4 Å². The van der Waals surface area contributed by atoms with E-state index in [-0.39, 0.29) is 22.9 Å². The van der Waals surface area contributed by atoms with E-state index in [0.29, 0.717) is 37.6 Å². The van der Waals surface area contributed by atoms with Gasteiger partial charge in [-0.15, -0.1) is 0 Å². The average Bonchev–Trinajstić information content (AvgIpc) is 2.78. The Labute approximate surface area is 148 Å². The molecule has 25 heavy (non-hydrogen) atoms. The second-order valence-corrected chi connectivity index (χ2v) is 10.5. The molecule has 0 spiro atoms. The molecule has 1 atom stereocenters. The summed E-state index contributed by atoms with van der Waals surface area (Å²) >= 11 is 0. The fraction of sp³-hybridized carbons (Fsp3) is 0.625. The molecule has 1 fully saturated rings. The van der Waals surface area contributed by atoms with Crippen molar-refractivity contribution in [2.45, 2.75) is 37.1 Å². The molecular formula is C16H23NO6S2. The number of sulfonamides is 1. The van der Waals surface area contributed by atoms with Crippen LogP contribution in [0.4, 0.5) is 0 Å². The Bertz CT molecular complexity index is 834. The van der Waals surface area contributed by atoms with Crippen molar-refractivity contribution in [2.24, 2.45) is 0 Å². The van der Waals surface area contributed by atoms with Crippen LogP contribution in [0.15, 0.2) is 23.1 Å². The van der Waals surface area contributed by atoms with E-state index in [2.05, 4.69) is 0 Å². The van der Waals surface area contributed by atoms with Crippen LogP contribution in [0.25, 0.3) is 0 Å². The third-order valence-electron chi connectivity index (χ3n) is 4.39. The van der Waals surface area contributed by atoms with Crippen molar-refractivity contribution in [3.63, 3.8) is 0 Å². The molecule has 7 nitrogen and oxygen atoms in total. The van der Waals surface area contributed by atoms with Crippen LogP contribution < -0.4 is 9.47 Å². The second-order valence-electron chi connectivity index (χ2n) is 6.33. The van der Waals surface area contributed by atoms with Crippen molar-refractivity contribution in [1.29, 1.82) is 0 Å². The number of rotatable bonds is 5. The van der Waals surface area contributed by atoms with Gasteiger partial charge in [-0.2, -0.15) is 4.31 Å². The highest BCUT2D eigenvalue weighted by Gasteiger charge is 2.38. The van der Waals surface area contributed by atoms with Crippen LogP contribution in [-0.2, 0) is 19.9 Å². The number of fused-ring (bicyclic) bond motifs is 1. The zero-order valence-corrected chi connectivity index (χ0v) is 15.8. The summed E-state index contributed by atoms with van der Waals surface area (Å²) in [6, 6.07) is 4.06. The van der Waals surface area contributed by atoms with Crippen LogP contribution in [0.1, 0.15) is 26.2 Å². The Balaban J connectivity index is 1.94. The molecule has 140 valence electrons. The Kier molecular flexibility index (Phi) is 5.26. The smallest absolute Gasteiger partial charge is 0.243 e. The molecule has 2 heterocycles. The zero-order valence-electron chi connectivity index (χ0n) is 14.2. The molecule has 2 aliphatic rings. The van der Waals surface area contributed by atoms with Crippen molar-refractivity contribution in [3.05, 3.63) is 18.2 Å². The van der Waals surface area contributed by atoms with Crippen LogP contribution in [0.2, 0.25) is 0 Å². The van der Waals surface area contributed by atoms with Crippen molar-refractivity contribution in [2.75, 3.05) is 31.3 Å². The van der Waals surface area contributed by atoms with Gasteiger partial charge in [0.05, 0.1) is 29.6 Å². The lowest BCUT2D eigenvalue weighted by molar-refractivity contribution is 0.296. The Morgan fingerprint density at radius 3 is 2.56 bits per heavy atom. The minimum atomic E-state index is -3.81. The lowest BCUT2D eigenvalue weighted by Gasteiger charge is -2.27. The molecule has 9 heteroatoms. The molecule has 0 radical (unpaired) electrons. The van der Waals surface area contributed by atoms with Crippen LogP contribution >= 0.6 is 0 Å². The van der Waals surface area contributed by atoms with E-state index in [4.69, 9.17) is 9.47 Å². The molecule has 1 unspecified atom stereocenters. The molecular weight excluding hydrogens is 366 g/mol. The molecule has 0 bridgehead atoms. The Morgan fingerprint density at radius 2 is 1.92 bits per heavy atom. The fourth-order valence-corrected chi connectivity index (χ4v) is 6.75. The summed E-state index contributed by atoms with van der Waals surface area (Å²) in [6.07, 6.45) is 1.69. The van der Waals surface area contributed by atoms with E-state index in [1.54, 1.807) is 6.07 Å². The van der Waals surface area contributed by atoms with Gasteiger partial charge in [-0.25, -0.2) is 16.8 Å². The monoisotopic (exact) mass is 389 g/mol.